The standard InChI is InChI=1S/C17H23N3O6/c1-2-25-15-9-13(3-4-14(15)26-12-17(22)23)10-18-19-16(21)11-20-5-7-24-8-6-20/h3-4,9-10H,2,5-8,11-12H2,1H3,(H,19,21)(H,22,23)/p-1/b18-10-. The zero-order valence-corrected chi connectivity index (χ0v) is 14.6. The highest BCUT2D eigenvalue weighted by atomic mass is 16.5. The van der Waals surface area contributed by atoms with E-state index < -0.39 is 12.6 Å². The summed E-state index contributed by atoms with van der Waals surface area (Å²) in [5, 5.41) is 14.4. The number of hydrazone groups is 1. The molecule has 1 N–H and O–H groups in total. The second kappa shape index (κ2) is 10.4. The average Bonchev–Trinajstić information content (AvgIpc) is 2.62. The van der Waals surface area contributed by atoms with Gasteiger partial charge in [-0.25, -0.2) is 5.43 Å². The number of morpholine rings is 1. The quantitative estimate of drug-likeness (QED) is 0.442. The van der Waals surface area contributed by atoms with E-state index in [1.165, 1.54) is 6.21 Å². The molecule has 1 saturated heterocycles. The lowest BCUT2D eigenvalue weighted by Gasteiger charge is -2.25. The van der Waals surface area contributed by atoms with E-state index in [4.69, 9.17) is 14.2 Å². The summed E-state index contributed by atoms with van der Waals surface area (Å²) in [6.07, 6.45) is 1.47. The number of amides is 1. The average molecular weight is 364 g/mol. The van der Waals surface area contributed by atoms with Crippen LogP contribution in [0.3, 0.4) is 0 Å². The maximum Gasteiger partial charge on any atom is 0.254 e. The molecule has 1 amide bonds. The van der Waals surface area contributed by atoms with Crippen molar-refractivity contribution < 1.29 is 28.9 Å². The Morgan fingerprint density at radius 3 is 2.77 bits per heavy atom. The third kappa shape index (κ3) is 6.69. The van der Waals surface area contributed by atoms with Crippen LogP contribution in [-0.2, 0) is 14.3 Å². The van der Waals surface area contributed by atoms with Gasteiger partial charge >= 0.3 is 0 Å². The van der Waals surface area contributed by atoms with Crippen LogP contribution in [-0.4, -0.2) is 69.1 Å². The van der Waals surface area contributed by atoms with Gasteiger partial charge in [-0.15, -0.1) is 0 Å². The zero-order chi connectivity index (χ0) is 18.8. The monoisotopic (exact) mass is 364 g/mol. The van der Waals surface area contributed by atoms with Crippen molar-refractivity contribution >= 4 is 18.1 Å². The van der Waals surface area contributed by atoms with Gasteiger partial charge in [0.05, 0.1) is 38.5 Å². The zero-order valence-electron chi connectivity index (χ0n) is 14.6. The van der Waals surface area contributed by atoms with Crippen molar-refractivity contribution in [2.24, 2.45) is 5.10 Å². The summed E-state index contributed by atoms with van der Waals surface area (Å²) in [5.74, 6) is -0.843. The Balaban J connectivity index is 1.90. The highest BCUT2D eigenvalue weighted by molar-refractivity contribution is 5.84. The number of nitrogens with one attached hydrogen (secondary N) is 1. The molecule has 9 nitrogen and oxygen atoms in total. The van der Waals surface area contributed by atoms with Crippen LogP contribution in [0.2, 0.25) is 0 Å². The summed E-state index contributed by atoms with van der Waals surface area (Å²) in [7, 11) is 0. The van der Waals surface area contributed by atoms with Crippen molar-refractivity contribution in [2.45, 2.75) is 6.92 Å². The lowest BCUT2D eigenvalue weighted by atomic mass is 10.2. The highest BCUT2D eigenvalue weighted by Gasteiger charge is 2.13. The van der Waals surface area contributed by atoms with Crippen LogP contribution >= 0.6 is 0 Å². The van der Waals surface area contributed by atoms with Crippen LogP contribution in [0.15, 0.2) is 23.3 Å². The number of carbonyl (C=O) groups is 2. The molecule has 1 aromatic carbocycles. The fourth-order valence-electron chi connectivity index (χ4n) is 2.31. The number of carboxylic acid groups (broad SMARTS) is 1. The van der Waals surface area contributed by atoms with Crippen LogP contribution in [0.4, 0.5) is 0 Å². The smallest absolute Gasteiger partial charge is 0.254 e. The summed E-state index contributed by atoms with van der Waals surface area (Å²) < 4.78 is 15.8. The first-order valence-corrected chi connectivity index (χ1v) is 8.30. The molecule has 0 spiro atoms. The molecule has 0 aliphatic carbocycles. The number of hydrogen-bond donors (Lipinski definition) is 1. The summed E-state index contributed by atoms with van der Waals surface area (Å²) in [5.41, 5.74) is 3.14. The third-order valence-electron chi connectivity index (χ3n) is 3.49. The minimum Gasteiger partial charge on any atom is -0.546 e. The molecule has 1 aliphatic rings. The maximum absolute atomic E-state index is 11.9. The van der Waals surface area contributed by atoms with E-state index in [0.717, 1.165) is 13.1 Å². The topological polar surface area (TPSA) is 113 Å². The molecule has 0 radical (unpaired) electrons. The fourth-order valence-corrected chi connectivity index (χ4v) is 2.31. The molecule has 0 saturated carbocycles. The fraction of sp³-hybridized carbons (Fsp3) is 0.471. The molecule has 0 unspecified atom stereocenters. The van der Waals surface area contributed by atoms with E-state index in [-0.39, 0.29) is 12.5 Å². The summed E-state index contributed by atoms with van der Waals surface area (Å²) >= 11 is 0. The number of carboxylic acids is 1. The third-order valence-corrected chi connectivity index (χ3v) is 3.49. The maximum atomic E-state index is 11.9. The molecule has 1 fully saturated rings. The van der Waals surface area contributed by atoms with Crippen molar-refractivity contribution in [3.8, 4) is 11.5 Å². The van der Waals surface area contributed by atoms with Crippen LogP contribution < -0.4 is 20.0 Å². The first-order chi connectivity index (χ1) is 12.6. The van der Waals surface area contributed by atoms with Crippen molar-refractivity contribution in [3.05, 3.63) is 23.8 Å². The predicted molar refractivity (Wildman–Crippen MR) is 91.1 cm³/mol. The molecule has 0 aromatic heterocycles. The Morgan fingerprint density at radius 2 is 2.08 bits per heavy atom. The second-order valence-electron chi connectivity index (χ2n) is 5.48. The van der Waals surface area contributed by atoms with Gasteiger partial charge in [0.2, 0.25) is 0 Å². The number of nitrogens with zero attached hydrogens (tertiary/aromatic N) is 2. The number of aliphatic carboxylic acids is 1. The van der Waals surface area contributed by atoms with Crippen LogP contribution in [0, 0.1) is 0 Å². The Bertz CT molecular complexity index is 643. The van der Waals surface area contributed by atoms with Crippen LogP contribution in [0.5, 0.6) is 11.5 Å². The normalized spacial score (nSPS) is 15.0. The second-order valence-corrected chi connectivity index (χ2v) is 5.48. The van der Waals surface area contributed by atoms with Crippen LogP contribution in [0.1, 0.15) is 12.5 Å². The molecule has 26 heavy (non-hydrogen) atoms. The Kier molecular flexibility index (Phi) is 7.84. The van der Waals surface area contributed by atoms with Crippen molar-refractivity contribution in [1.29, 1.82) is 0 Å². The Morgan fingerprint density at radius 1 is 1.31 bits per heavy atom. The molecule has 142 valence electrons. The van der Waals surface area contributed by atoms with E-state index >= 15 is 0 Å². The molecular weight excluding hydrogens is 342 g/mol. The van der Waals surface area contributed by atoms with Crippen molar-refractivity contribution in [1.82, 2.24) is 10.3 Å². The largest absolute Gasteiger partial charge is 0.546 e. The van der Waals surface area contributed by atoms with E-state index in [1.807, 2.05) is 4.90 Å². The van der Waals surface area contributed by atoms with Gasteiger partial charge in [0, 0.05) is 13.1 Å². The molecule has 2 rings (SSSR count). The van der Waals surface area contributed by atoms with Crippen molar-refractivity contribution in [3.63, 3.8) is 0 Å². The summed E-state index contributed by atoms with van der Waals surface area (Å²) in [6, 6.07) is 4.89. The lowest BCUT2D eigenvalue weighted by Crippen LogP contribution is -2.42. The van der Waals surface area contributed by atoms with E-state index in [2.05, 4.69) is 10.5 Å². The van der Waals surface area contributed by atoms with Gasteiger partial charge < -0.3 is 24.1 Å². The van der Waals surface area contributed by atoms with Gasteiger partial charge in [-0.1, -0.05) is 0 Å². The van der Waals surface area contributed by atoms with Crippen LogP contribution in [0.25, 0.3) is 0 Å². The number of rotatable bonds is 9. The van der Waals surface area contributed by atoms with Gasteiger partial charge in [0.1, 0.15) is 6.61 Å². The number of carbonyl (C=O) groups excluding carboxylic acids is 2. The molecule has 9 heteroatoms. The van der Waals surface area contributed by atoms with Gasteiger partial charge in [-0.05, 0) is 30.7 Å². The summed E-state index contributed by atoms with van der Waals surface area (Å²) in [6.45, 7) is 4.59. The van der Waals surface area contributed by atoms with E-state index in [0.29, 0.717) is 36.9 Å². The van der Waals surface area contributed by atoms with Gasteiger partial charge in [0.15, 0.2) is 11.5 Å². The molecule has 1 aromatic rings. The van der Waals surface area contributed by atoms with Crippen molar-refractivity contribution in [2.75, 3.05) is 46.1 Å². The van der Waals surface area contributed by atoms with E-state index in [9.17, 15) is 14.7 Å². The van der Waals surface area contributed by atoms with Gasteiger partial charge in [0.25, 0.3) is 5.91 Å². The molecule has 1 aliphatic heterocycles. The summed E-state index contributed by atoms with van der Waals surface area (Å²) in [4.78, 5) is 24.4. The molecule has 1 heterocycles. The molecular formula is C17H22N3O6-. The Labute approximate surface area is 151 Å². The minimum absolute atomic E-state index is 0.206. The molecule has 0 atom stereocenters. The number of hydrogen-bond acceptors (Lipinski definition) is 8. The van der Waals surface area contributed by atoms with Gasteiger partial charge in [-0.2, -0.15) is 5.10 Å². The SMILES string of the molecule is CCOc1cc(/C=N\NC(=O)CN2CCOCC2)ccc1OCC(=O)[O-]. The van der Waals surface area contributed by atoms with E-state index in [1.54, 1.807) is 25.1 Å². The Hall–Kier alpha value is -2.65. The highest BCUT2D eigenvalue weighted by Crippen LogP contribution is 2.27. The first kappa shape index (κ1) is 19.7. The molecule has 0 bridgehead atoms. The number of ether oxygens (including phenoxy) is 3. The lowest BCUT2D eigenvalue weighted by molar-refractivity contribution is -0.307. The predicted octanol–water partition coefficient (Wildman–Crippen LogP) is -1.00. The number of benzene rings is 1. The van der Waals surface area contributed by atoms with Gasteiger partial charge in [-0.3, -0.25) is 9.69 Å². The minimum atomic E-state index is -1.32. The first-order valence-electron chi connectivity index (χ1n) is 8.30.